The molecule has 0 bridgehead atoms. The maximum atomic E-state index is 10.4. The van der Waals surface area contributed by atoms with E-state index in [-0.39, 0.29) is 11.5 Å². The standard InChI is InChI=1S/C11H15NO4S/c1-15-9-7-11(17-3)10(16-2)6-8(9)4-5-12(13)14/h6-7H,4-5H2,1-3H3. The third kappa shape index (κ3) is 3.52. The van der Waals surface area contributed by atoms with Crippen LogP contribution in [-0.2, 0) is 6.42 Å². The maximum Gasteiger partial charge on any atom is 0.208 e. The number of hydrogen-bond acceptors (Lipinski definition) is 5. The van der Waals surface area contributed by atoms with Gasteiger partial charge in [-0.2, -0.15) is 0 Å². The number of thioether (sulfide) groups is 1. The summed E-state index contributed by atoms with van der Waals surface area (Å²) in [7, 11) is 3.14. The Morgan fingerprint density at radius 2 is 1.94 bits per heavy atom. The first-order valence-corrected chi connectivity index (χ1v) is 6.25. The lowest BCUT2D eigenvalue weighted by Gasteiger charge is -2.12. The van der Waals surface area contributed by atoms with Crippen molar-refractivity contribution in [2.45, 2.75) is 11.3 Å². The molecule has 0 amide bonds. The molecule has 0 aliphatic heterocycles. The molecule has 0 saturated carbocycles. The van der Waals surface area contributed by atoms with E-state index in [0.717, 1.165) is 16.2 Å². The molecular formula is C11H15NO4S. The Hall–Kier alpha value is -1.43. The normalized spacial score (nSPS) is 10.1. The number of hydrogen-bond donors (Lipinski definition) is 0. The van der Waals surface area contributed by atoms with Gasteiger partial charge in [-0.05, 0) is 18.4 Å². The molecule has 1 aromatic rings. The smallest absolute Gasteiger partial charge is 0.208 e. The van der Waals surface area contributed by atoms with E-state index >= 15 is 0 Å². The maximum absolute atomic E-state index is 10.4. The largest absolute Gasteiger partial charge is 0.496 e. The van der Waals surface area contributed by atoms with E-state index in [9.17, 15) is 10.1 Å². The lowest BCUT2D eigenvalue weighted by Crippen LogP contribution is -2.05. The Morgan fingerprint density at radius 1 is 1.29 bits per heavy atom. The highest BCUT2D eigenvalue weighted by Gasteiger charge is 2.12. The fourth-order valence-electron chi connectivity index (χ4n) is 1.50. The Morgan fingerprint density at radius 3 is 2.41 bits per heavy atom. The molecule has 0 aliphatic carbocycles. The average Bonchev–Trinajstić information content (AvgIpc) is 2.34. The van der Waals surface area contributed by atoms with Crippen molar-refractivity contribution in [1.82, 2.24) is 0 Å². The predicted octanol–water partition coefficient (Wildman–Crippen LogP) is 2.24. The van der Waals surface area contributed by atoms with E-state index < -0.39 is 0 Å². The summed E-state index contributed by atoms with van der Waals surface area (Å²) in [5, 5.41) is 10.4. The Balaban J connectivity index is 3.05. The van der Waals surface area contributed by atoms with E-state index in [0.29, 0.717) is 12.2 Å². The zero-order chi connectivity index (χ0) is 12.8. The number of nitrogens with zero attached hydrogens (tertiary/aromatic N) is 1. The van der Waals surface area contributed by atoms with Gasteiger partial charge in [0.1, 0.15) is 11.5 Å². The topological polar surface area (TPSA) is 61.6 Å². The third-order valence-electron chi connectivity index (χ3n) is 2.35. The van der Waals surface area contributed by atoms with Crippen LogP contribution in [0.15, 0.2) is 17.0 Å². The third-order valence-corrected chi connectivity index (χ3v) is 3.11. The van der Waals surface area contributed by atoms with Gasteiger partial charge in [0, 0.05) is 16.9 Å². The van der Waals surface area contributed by atoms with Gasteiger partial charge in [0.15, 0.2) is 0 Å². The summed E-state index contributed by atoms with van der Waals surface area (Å²) in [5.41, 5.74) is 0.791. The Kier molecular flexibility index (Phi) is 5.09. The molecule has 0 saturated heterocycles. The van der Waals surface area contributed by atoms with Crippen molar-refractivity contribution in [2.24, 2.45) is 0 Å². The first-order chi connectivity index (χ1) is 8.12. The minimum atomic E-state index is -0.339. The number of methoxy groups -OCH3 is 2. The summed E-state index contributed by atoms with van der Waals surface area (Å²) in [5.74, 6) is 1.38. The molecule has 0 unspecified atom stereocenters. The zero-order valence-electron chi connectivity index (χ0n) is 10.1. The molecule has 0 heterocycles. The molecule has 1 aromatic carbocycles. The molecule has 94 valence electrons. The van der Waals surface area contributed by atoms with Crippen molar-refractivity contribution in [2.75, 3.05) is 27.0 Å². The van der Waals surface area contributed by atoms with Gasteiger partial charge in [-0.25, -0.2) is 0 Å². The van der Waals surface area contributed by atoms with E-state index in [1.165, 1.54) is 0 Å². The molecule has 5 nitrogen and oxygen atoms in total. The average molecular weight is 257 g/mol. The van der Waals surface area contributed by atoms with Crippen LogP contribution in [0.3, 0.4) is 0 Å². The second-order valence-electron chi connectivity index (χ2n) is 3.33. The number of nitro groups is 1. The van der Waals surface area contributed by atoms with Gasteiger partial charge in [0.05, 0.1) is 19.1 Å². The van der Waals surface area contributed by atoms with E-state index in [1.807, 2.05) is 12.3 Å². The van der Waals surface area contributed by atoms with Crippen LogP contribution in [0.4, 0.5) is 0 Å². The number of rotatable bonds is 6. The van der Waals surface area contributed by atoms with E-state index in [4.69, 9.17) is 9.47 Å². The van der Waals surface area contributed by atoms with E-state index in [2.05, 4.69) is 0 Å². The molecule has 6 heteroatoms. The first-order valence-electron chi connectivity index (χ1n) is 5.03. The minimum Gasteiger partial charge on any atom is -0.496 e. The minimum absolute atomic E-state index is 0.113. The second kappa shape index (κ2) is 6.34. The number of benzene rings is 1. The fraction of sp³-hybridized carbons (Fsp3) is 0.455. The van der Waals surface area contributed by atoms with Crippen LogP contribution in [0.5, 0.6) is 11.5 Å². The highest BCUT2D eigenvalue weighted by Crippen LogP contribution is 2.34. The molecule has 1 rings (SSSR count). The molecule has 0 N–H and O–H groups in total. The second-order valence-corrected chi connectivity index (χ2v) is 4.17. The van der Waals surface area contributed by atoms with Crippen LogP contribution in [0.25, 0.3) is 0 Å². The highest BCUT2D eigenvalue weighted by molar-refractivity contribution is 7.98. The van der Waals surface area contributed by atoms with Crippen molar-refractivity contribution in [3.8, 4) is 11.5 Å². The molecule has 0 fully saturated rings. The molecule has 17 heavy (non-hydrogen) atoms. The van der Waals surface area contributed by atoms with Gasteiger partial charge in [-0.1, -0.05) is 0 Å². The molecule has 0 aliphatic rings. The molecule has 0 atom stereocenters. The van der Waals surface area contributed by atoms with Crippen LogP contribution in [0.1, 0.15) is 5.56 Å². The van der Waals surface area contributed by atoms with Gasteiger partial charge in [-0.3, -0.25) is 10.1 Å². The summed E-state index contributed by atoms with van der Waals surface area (Å²) in [6, 6.07) is 3.65. The van der Waals surface area contributed by atoms with Gasteiger partial charge in [0.2, 0.25) is 6.54 Å². The molecular weight excluding hydrogens is 242 g/mol. The van der Waals surface area contributed by atoms with Crippen LogP contribution in [0, 0.1) is 10.1 Å². The summed E-state index contributed by atoms with van der Waals surface area (Å²) in [6.07, 6.45) is 2.27. The quantitative estimate of drug-likeness (QED) is 0.444. The zero-order valence-corrected chi connectivity index (χ0v) is 10.9. The summed E-state index contributed by atoms with van der Waals surface area (Å²) in [6.45, 7) is -0.113. The Bertz CT molecular complexity index is 409. The first kappa shape index (κ1) is 13.6. The van der Waals surface area contributed by atoms with Gasteiger partial charge in [-0.15, -0.1) is 11.8 Å². The molecule has 0 aromatic heterocycles. The van der Waals surface area contributed by atoms with Crippen molar-refractivity contribution < 1.29 is 14.4 Å². The van der Waals surface area contributed by atoms with Gasteiger partial charge in [0.25, 0.3) is 0 Å². The van der Waals surface area contributed by atoms with Gasteiger partial charge < -0.3 is 9.47 Å². The molecule has 0 spiro atoms. The van der Waals surface area contributed by atoms with Crippen LogP contribution < -0.4 is 9.47 Å². The fourth-order valence-corrected chi connectivity index (χ4v) is 2.07. The Labute approximate surface area is 104 Å². The van der Waals surface area contributed by atoms with Crippen molar-refractivity contribution >= 4 is 11.8 Å². The van der Waals surface area contributed by atoms with Crippen molar-refractivity contribution in [3.63, 3.8) is 0 Å². The lowest BCUT2D eigenvalue weighted by atomic mass is 10.1. The van der Waals surface area contributed by atoms with Crippen molar-refractivity contribution in [3.05, 3.63) is 27.8 Å². The SMILES string of the molecule is COc1cc(SC)c(OC)cc1CC[N+](=O)[O-]. The predicted molar refractivity (Wildman–Crippen MR) is 66.9 cm³/mol. The monoisotopic (exact) mass is 257 g/mol. The highest BCUT2D eigenvalue weighted by atomic mass is 32.2. The van der Waals surface area contributed by atoms with Crippen LogP contribution >= 0.6 is 11.8 Å². The van der Waals surface area contributed by atoms with Crippen LogP contribution in [-0.4, -0.2) is 31.9 Å². The van der Waals surface area contributed by atoms with Crippen molar-refractivity contribution in [1.29, 1.82) is 0 Å². The lowest BCUT2D eigenvalue weighted by molar-refractivity contribution is -0.479. The summed E-state index contributed by atoms with van der Waals surface area (Å²) < 4.78 is 10.5. The van der Waals surface area contributed by atoms with E-state index in [1.54, 1.807) is 32.0 Å². The summed E-state index contributed by atoms with van der Waals surface area (Å²) in [4.78, 5) is 11.0. The van der Waals surface area contributed by atoms with Gasteiger partial charge >= 0.3 is 0 Å². The summed E-state index contributed by atoms with van der Waals surface area (Å²) >= 11 is 1.54. The van der Waals surface area contributed by atoms with Crippen LogP contribution in [0.2, 0.25) is 0 Å². The molecule has 0 radical (unpaired) electrons. The number of ether oxygens (including phenoxy) is 2.